The summed E-state index contributed by atoms with van der Waals surface area (Å²) in [6.45, 7) is 2.60. The largest absolute Gasteiger partial charge is 0.475 e. The van der Waals surface area contributed by atoms with Crippen molar-refractivity contribution in [3.8, 4) is 0 Å². The van der Waals surface area contributed by atoms with Gasteiger partial charge in [0.05, 0.1) is 6.10 Å². The average molecular weight is 275 g/mol. The molecule has 1 aliphatic heterocycles. The van der Waals surface area contributed by atoms with Gasteiger partial charge in [0.1, 0.15) is 5.58 Å². The van der Waals surface area contributed by atoms with Gasteiger partial charge < -0.3 is 14.6 Å². The summed E-state index contributed by atoms with van der Waals surface area (Å²) in [5, 5.41) is 19.2. The number of fused-ring (bicyclic) bond motifs is 1. The predicted octanol–water partition coefficient (Wildman–Crippen LogP) is 2.09. The van der Waals surface area contributed by atoms with Gasteiger partial charge in [0.15, 0.2) is 0 Å². The summed E-state index contributed by atoms with van der Waals surface area (Å²) in [6, 6.07) is 7.30. The fraction of sp³-hybridized carbons (Fsp3) is 0.400. The molecule has 0 spiro atoms. The van der Waals surface area contributed by atoms with E-state index >= 15 is 0 Å². The van der Waals surface area contributed by atoms with Gasteiger partial charge in [0.2, 0.25) is 5.76 Å². The first kappa shape index (κ1) is 13.1. The van der Waals surface area contributed by atoms with Gasteiger partial charge in [-0.15, -0.1) is 0 Å². The van der Waals surface area contributed by atoms with Crippen molar-refractivity contribution in [3.63, 3.8) is 0 Å². The van der Waals surface area contributed by atoms with Crippen molar-refractivity contribution in [3.05, 3.63) is 35.6 Å². The molecular weight excluding hydrogens is 258 g/mol. The van der Waals surface area contributed by atoms with Crippen LogP contribution in [0.2, 0.25) is 0 Å². The number of aliphatic hydroxyl groups excluding tert-OH is 1. The van der Waals surface area contributed by atoms with Gasteiger partial charge in [0.25, 0.3) is 0 Å². The Hall–Kier alpha value is -1.85. The molecule has 5 nitrogen and oxygen atoms in total. The lowest BCUT2D eigenvalue weighted by Gasteiger charge is -2.29. The first-order chi connectivity index (χ1) is 9.61. The Labute approximate surface area is 116 Å². The van der Waals surface area contributed by atoms with E-state index in [1.165, 1.54) is 0 Å². The highest BCUT2D eigenvalue weighted by atomic mass is 16.4. The Morgan fingerprint density at radius 2 is 2.05 bits per heavy atom. The molecule has 0 amide bonds. The number of nitrogens with zero attached hydrogens (tertiary/aromatic N) is 1. The van der Waals surface area contributed by atoms with E-state index in [9.17, 15) is 9.90 Å². The van der Waals surface area contributed by atoms with Gasteiger partial charge in [-0.25, -0.2) is 4.79 Å². The van der Waals surface area contributed by atoms with Gasteiger partial charge in [-0.05, 0) is 36.6 Å². The van der Waals surface area contributed by atoms with E-state index in [-0.39, 0.29) is 11.9 Å². The Morgan fingerprint density at radius 1 is 1.30 bits per heavy atom. The Bertz CT molecular complexity index is 626. The van der Waals surface area contributed by atoms with Crippen molar-refractivity contribution in [2.75, 3.05) is 13.1 Å². The highest BCUT2D eigenvalue weighted by Crippen LogP contribution is 2.22. The number of furan rings is 1. The quantitative estimate of drug-likeness (QED) is 0.897. The van der Waals surface area contributed by atoms with Crippen LogP contribution in [0.15, 0.2) is 28.7 Å². The van der Waals surface area contributed by atoms with Crippen LogP contribution in [-0.4, -0.2) is 40.3 Å². The zero-order valence-electron chi connectivity index (χ0n) is 11.1. The zero-order valence-corrected chi connectivity index (χ0v) is 11.1. The van der Waals surface area contributed by atoms with Gasteiger partial charge in [-0.2, -0.15) is 0 Å². The van der Waals surface area contributed by atoms with Crippen molar-refractivity contribution in [1.82, 2.24) is 4.90 Å². The van der Waals surface area contributed by atoms with Crippen LogP contribution in [0, 0.1) is 0 Å². The maximum absolute atomic E-state index is 10.9. The van der Waals surface area contributed by atoms with Crippen molar-refractivity contribution >= 4 is 16.9 Å². The number of likely N-dealkylation sites (tertiary alicyclic amines) is 1. The number of hydrogen-bond acceptors (Lipinski definition) is 4. The second-order valence-corrected chi connectivity index (χ2v) is 5.30. The molecule has 1 aliphatic rings. The molecular formula is C15H17NO4. The van der Waals surface area contributed by atoms with Crippen LogP contribution >= 0.6 is 0 Å². The molecule has 1 aromatic carbocycles. The number of carboxylic acid groups (broad SMARTS) is 1. The number of rotatable bonds is 3. The number of carboxylic acids is 1. The maximum atomic E-state index is 10.9. The summed E-state index contributed by atoms with van der Waals surface area (Å²) in [5.74, 6) is -1.08. The maximum Gasteiger partial charge on any atom is 0.371 e. The smallest absolute Gasteiger partial charge is 0.371 e. The SMILES string of the molecule is O=C(O)c1cc2cc(CN3CCC(O)CC3)ccc2o1. The van der Waals surface area contributed by atoms with Crippen molar-refractivity contribution in [2.45, 2.75) is 25.5 Å². The minimum atomic E-state index is -1.05. The second kappa shape index (κ2) is 5.26. The molecule has 2 heterocycles. The molecule has 1 fully saturated rings. The number of hydrogen-bond donors (Lipinski definition) is 2. The minimum Gasteiger partial charge on any atom is -0.475 e. The van der Waals surface area contributed by atoms with Crippen LogP contribution in [0.5, 0.6) is 0 Å². The molecule has 0 atom stereocenters. The number of carbonyl (C=O) groups is 1. The van der Waals surface area contributed by atoms with Gasteiger partial charge in [-0.3, -0.25) is 4.90 Å². The second-order valence-electron chi connectivity index (χ2n) is 5.30. The lowest BCUT2D eigenvalue weighted by Crippen LogP contribution is -2.35. The number of benzene rings is 1. The Kier molecular flexibility index (Phi) is 3.46. The first-order valence-electron chi connectivity index (χ1n) is 6.78. The van der Waals surface area contributed by atoms with E-state index in [4.69, 9.17) is 9.52 Å². The van der Waals surface area contributed by atoms with E-state index in [2.05, 4.69) is 4.90 Å². The fourth-order valence-electron chi connectivity index (χ4n) is 2.63. The molecule has 2 aromatic rings. The lowest BCUT2D eigenvalue weighted by molar-refractivity contribution is 0.0665. The molecule has 20 heavy (non-hydrogen) atoms. The molecule has 1 saturated heterocycles. The molecule has 0 unspecified atom stereocenters. The topological polar surface area (TPSA) is 73.9 Å². The van der Waals surface area contributed by atoms with Crippen LogP contribution in [0.1, 0.15) is 29.0 Å². The Morgan fingerprint density at radius 3 is 2.75 bits per heavy atom. The van der Waals surface area contributed by atoms with E-state index in [0.29, 0.717) is 5.58 Å². The van der Waals surface area contributed by atoms with E-state index < -0.39 is 5.97 Å². The highest BCUT2D eigenvalue weighted by Gasteiger charge is 2.17. The number of aromatic carboxylic acids is 1. The van der Waals surface area contributed by atoms with E-state index in [1.807, 2.05) is 18.2 Å². The van der Waals surface area contributed by atoms with Crippen molar-refractivity contribution in [1.29, 1.82) is 0 Å². The van der Waals surface area contributed by atoms with Crippen LogP contribution in [0.25, 0.3) is 11.0 Å². The fourth-order valence-corrected chi connectivity index (χ4v) is 2.63. The van der Waals surface area contributed by atoms with Crippen LogP contribution in [0.4, 0.5) is 0 Å². The summed E-state index contributed by atoms with van der Waals surface area (Å²) in [5.41, 5.74) is 1.73. The third-order valence-corrected chi connectivity index (χ3v) is 3.75. The first-order valence-corrected chi connectivity index (χ1v) is 6.78. The highest BCUT2D eigenvalue weighted by molar-refractivity contribution is 5.91. The number of piperidine rings is 1. The van der Waals surface area contributed by atoms with Gasteiger partial charge >= 0.3 is 5.97 Å². The molecule has 1 aromatic heterocycles. The number of aliphatic hydroxyl groups is 1. The molecule has 2 N–H and O–H groups in total. The van der Waals surface area contributed by atoms with E-state index in [1.54, 1.807) is 6.07 Å². The predicted molar refractivity (Wildman–Crippen MR) is 73.7 cm³/mol. The van der Waals surface area contributed by atoms with Crippen LogP contribution < -0.4 is 0 Å². The molecule has 106 valence electrons. The summed E-state index contributed by atoms with van der Waals surface area (Å²) < 4.78 is 5.24. The minimum absolute atomic E-state index is 0.0294. The Balaban J connectivity index is 1.77. The standard InChI is InChI=1S/C15H17NO4/c17-12-3-5-16(6-4-12)9-10-1-2-13-11(7-10)8-14(20-13)15(18)19/h1-2,7-8,12,17H,3-6,9H2,(H,18,19). The lowest BCUT2D eigenvalue weighted by atomic mass is 10.1. The summed E-state index contributed by atoms with van der Waals surface area (Å²) >= 11 is 0. The van der Waals surface area contributed by atoms with Crippen LogP contribution in [-0.2, 0) is 6.54 Å². The molecule has 0 radical (unpaired) electrons. The summed E-state index contributed by atoms with van der Waals surface area (Å²) in [6.07, 6.45) is 1.47. The molecule has 0 aliphatic carbocycles. The van der Waals surface area contributed by atoms with Crippen molar-refractivity contribution < 1.29 is 19.4 Å². The van der Waals surface area contributed by atoms with Crippen molar-refractivity contribution in [2.24, 2.45) is 0 Å². The normalized spacial score (nSPS) is 17.6. The van der Waals surface area contributed by atoms with E-state index in [0.717, 1.165) is 43.4 Å². The third-order valence-electron chi connectivity index (χ3n) is 3.75. The molecule has 5 heteroatoms. The zero-order chi connectivity index (χ0) is 14.1. The third kappa shape index (κ3) is 2.69. The summed E-state index contributed by atoms with van der Waals surface area (Å²) in [4.78, 5) is 13.2. The van der Waals surface area contributed by atoms with Gasteiger partial charge in [0, 0.05) is 25.0 Å². The summed E-state index contributed by atoms with van der Waals surface area (Å²) in [7, 11) is 0. The molecule has 3 rings (SSSR count). The van der Waals surface area contributed by atoms with Crippen LogP contribution in [0.3, 0.4) is 0 Å². The van der Waals surface area contributed by atoms with Gasteiger partial charge in [-0.1, -0.05) is 6.07 Å². The molecule has 0 saturated carbocycles. The monoisotopic (exact) mass is 275 g/mol. The average Bonchev–Trinajstić information content (AvgIpc) is 2.85. The molecule has 0 bridgehead atoms.